The van der Waals surface area contributed by atoms with Crippen LogP contribution in [-0.4, -0.2) is 0 Å². The molecule has 0 saturated carbocycles. The van der Waals surface area contributed by atoms with Crippen molar-refractivity contribution in [3.8, 4) is 0 Å². The van der Waals surface area contributed by atoms with E-state index in [0.717, 1.165) is 5.56 Å². The summed E-state index contributed by atoms with van der Waals surface area (Å²) in [5, 5.41) is 0.513. The van der Waals surface area contributed by atoms with Crippen molar-refractivity contribution < 1.29 is 0 Å². The minimum absolute atomic E-state index is 0.342. The van der Waals surface area contributed by atoms with E-state index in [9.17, 15) is 0 Å². The molecule has 0 unspecified atom stereocenters. The fourth-order valence-corrected chi connectivity index (χ4v) is 1.63. The van der Waals surface area contributed by atoms with Crippen LogP contribution < -0.4 is 0 Å². The smallest absolute Gasteiger partial charge is 0.122 e. The third kappa shape index (κ3) is 3.38. The number of hydrogen-bond donors (Lipinski definition) is 0. The zero-order valence-corrected chi connectivity index (χ0v) is 10.1. The molecule has 1 aromatic rings. The van der Waals surface area contributed by atoms with E-state index in [1.54, 1.807) is 18.2 Å². The third-order valence-corrected chi connectivity index (χ3v) is 2.62. The zero-order valence-electron chi connectivity index (χ0n) is 6.33. The predicted molar refractivity (Wildman–Crippen MR) is 60.2 cm³/mol. The van der Waals surface area contributed by atoms with Gasteiger partial charge in [0.1, 0.15) is 0 Å². The van der Waals surface area contributed by atoms with Gasteiger partial charge in [0.2, 0.25) is 3.79 Å². The molecule has 0 spiro atoms. The van der Waals surface area contributed by atoms with E-state index in [2.05, 4.69) is 0 Å². The molecule has 72 valence electrons. The molecule has 5 heteroatoms. The van der Waals surface area contributed by atoms with Crippen molar-refractivity contribution in [2.45, 2.75) is 9.67 Å². The first-order chi connectivity index (χ1) is 5.93. The minimum atomic E-state index is -1.45. The van der Waals surface area contributed by atoms with E-state index >= 15 is 0 Å². The Hall–Kier alpha value is 0.670. The molecule has 13 heavy (non-hydrogen) atoms. The lowest BCUT2D eigenvalue weighted by Crippen LogP contribution is -2.00. The summed E-state index contributed by atoms with van der Waals surface area (Å²) in [6, 6.07) is 5.05. The Morgan fingerprint density at radius 2 is 1.69 bits per heavy atom. The van der Waals surface area contributed by atoms with Crippen molar-refractivity contribution in [2.24, 2.45) is 0 Å². The Morgan fingerprint density at radius 1 is 1.08 bits per heavy atom. The Kier molecular flexibility index (Phi) is 4.03. The molecule has 0 atom stereocenters. The fraction of sp³-hybridized carbons (Fsp3) is 0.250. The van der Waals surface area contributed by atoms with Gasteiger partial charge in [0, 0.05) is 16.5 Å². The Balaban J connectivity index is 3.16. The van der Waals surface area contributed by atoms with Crippen molar-refractivity contribution in [1.82, 2.24) is 0 Å². The molecule has 0 aliphatic heterocycles. The SMILES string of the molecule is ClCc1cc(Cl)cc(C(Cl)(Cl)Cl)c1. The third-order valence-electron chi connectivity index (χ3n) is 1.44. The molecule has 0 radical (unpaired) electrons. The highest BCUT2D eigenvalue weighted by Crippen LogP contribution is 2.39. The summed E-state index contributed by atoms with van der Waals surface area (Å²) in [4.78, 5) is 0. The summed E-state index contributed by atoms with van der Waals surface area (Å²) < 4.78 is -1.45. The van der Waals surface area contributed by atoms with Crippen LogP contribution in [0.1, 0.15) is 11.1 Å². The minimum Gasteiger partial charge on any atom is -0.122 e. The van der Waals surface area contributed by atoms with Gasteiger partial charge in [-0.3, -0.25) is 0 Å². The molecule has 0 fully saturated rings. The highest BCUT2D eigenvalue weighted by Gasteiger charge is 2.23. The molecule has 0 amide bonds. The molecule has 0 nitrogen and oxygen atoms in total. The molecule has 0 saturated heterocycles. The largest absolute Gasteiger partial charge is 0.216 e. The Bertz CT molecular complexity index is 302. The lowest BCUT2D eigenvalue weighted by atomic mass is 10.1. The van der Waals surface area contributed by atoms with E-state index in [-0.39, 0.29) is 0 Å². The van der Waals surface area contributed by atoms with Gasteiger partial charge in [0.05, 0.1) is 0 Å². The van der Waals surface area contributed by atoms with Gasteiger partial charge < -0.3 is 0 Å². The first-order valence-corrected chi connectivity index (χ1v) is 5.41. The lowest BCUT2D eigenvalue weighted by Gasteiger charge is -2.12. The van der Waals surface area contributed by atoms with E-state index in [4.69, 9.17) is 58.0 Å². The van der Waals surface area contributed by atoms with Crippen molar-refractivity contribution in [3.05, 3.63) is 34.3 Å². The normalized spacial score (nSPS) is 11.8. The van der Waals surface area contributed by atoms with Crippen LogP contribution in [0, 0.1) is 0 Å². The maximum atomic E-state index is 5.80. The average Bonchev–Trinajstić information content (AvgIpc) is 2.01. The van der Waals surface area contributed by atoms with Crippen molar-refractivity contribution >= 4 is 58.0 Å². The number of hydrogen-bond acceptors (Lipinski definition) is 0. The molecule has 1 aromatic carbocycles. The average molecular weight is 278 g/mol. The number of halogens is 5. The molecular weight excluding hydrogens is 273 g/mol. The number of alkyl halides is 4. The van der Waals surface area contributed by atoms with E-state index in [0.29, 0.717) is 16.5 Å². The lowest BCUT2D eigenvalue weighted by molar-refractivity contribution is 1.21. The zero-order chi connectivity index (χ0) is 10.1. The van der Waals surface area contributed by atoms with Crippen LogP contribution in [0.25, 0.3) is 0 Å². The highest BCUT2D eigenvalue weighted by molar-refractivity contribution is 6.66. The Morgan fingerprint density at radius 3 is 2.15 bits per heavy atom. The first kappa shape index (κ1) is 11.7. The summed E-state index contributed by atoms with van der Waals surface area (Å²) in [5.41, 5.74) is 1.36. The second kappa shape index (κ2) is 4.46. The van der Waals surface area contributed by atoms with Crippen LogP contribution in [0.4, 0.5) is 0 Å². The predicted octanol–water partition coefficient (Wildman–Crippen LogP) is 4.91. The second-order valence-corrected chi connectivity index (χ2v) is 5.46. The monoisotopic (exact) mass is 276 g/mol. The van der Waals surface area contributed by atoms with Crippen LogP contribution in [0.5, 0.6) is 0 Å². The maximum Gasteiger partial charge on any atom is 0.216 e. The van der Waals surface area contributed by atoms with Crippen LogP contribution in [0.3, 0.4) is 0 Å². The van der Waals surface area contributed by atoms with Crippen LogP contribution in [0.2, 0.25) is 5.02 Å². The number of benzene rings is 1. The standard InChI is InChI=1S/C8H5Cl5/c9-4-5-1-6(8(11,12)13)3-7(10)2-5/h1-3H,4H2. The fourth-order valence-electron chi connectivity index (χ4n) is 0.891. The molecule has 0 N–H and O–H groups in total. The summed E-state index contributed by atoms with van der Waals surface area (Å²) in [7, 11) is 0. The van der Waals surface area contributed by atoms with Crippen LogP contribution in [-0.2, 0) is 9.67 Å². The van der Waals surface area contributed by atoms with Crippen LogP contribution in [0.15, 0.2) is 18.2 Å². The van der Waals surface area contributed by atoms with Gasteiger partial charge in [-0.15, -0.1) is 11.6 Å². The van der Waals surface area contributed by atoms with Gasteiger partial charge in [-0.2, -0.15) is 0 Å². The van der Waals surface area contributed by atoms with Crippen molar-refractivity contribution in [3.63, 3.8) is 0 Å². The first-order valence-electron chi connectivity index (χ1n) is 3.36. The Labute approximate surface area is 102 Å². The molecule has 1 rings (SSSR count). The van der Waals surface area contributed by atoms with Gasteiger partial charge in [-0.05, 0) is 17.7 Å². The topological polar surface area (TPSA) is 0 Å². The second-order valence-electron chi connectivity index (χ2n) is 2.48. The van der Waals surface area contributed by atoms with E-state index in [1.165, 1.54) is 0 Å². The van der Waals surface area contributed by atoms with Crippen molar-refractivity contribution in [1.29, 1.82) is 0 Å². The summed E-state index contributed by atoms with van der Waals surface area (Å²) in [6.07, 6.45) is 0. The van der Waals surface area contributed by atoms with E-state index < -0.39 is 3.79 Å². The molecule has 0 aliphatic rings. The molecule has 0 bridgehead atoms. The van der Waals surface area contributed by atoms with E-state index in [1.807, 2.05) is 0 Å². The summed E-state index contributed by atoms with van der Waals surface area (Å²) in [5.74, 6) is 0.342. The molecular formula is C8H5Cl5. The van der Waals surface area contributed by atoms with Crippen LogP contribution >= 0.6 is 58.0 Å². The number of rotatable bonds is 1. The summed E-state index contributed by atoms with van der Waals surface area (Å²) in [6.45, 7) is 0. The van der Waals surface area contributed by atoms with Gasteiger partial charge in [-0.25, -0.2) is 0 Å². The van der Waals surface area contributed by atoms with Gasteiger partial charge in [0.15, 0.2) is 0 Å². The maximum absolute atomic E-state index is 5.80. The molecule has 0 heterocycles. The van der Waals surface area contributed by atoms with Crippen molar-refractivity contribution in [2.75, 3.05) is 0 Å². The summed E-state index contributed by atoms with van der Waals surface area (Å²) >= 11 is 28.5. The van der Waals surface area contributed by atoms with Gasteiger partial charge in [-0.1, -0.05) is 52.5 Å². The molecule has 0 aromatic heterocycles. The van der Waals surface area contributed by atoms with Gasteiger partial charge in [0.25, 0.3) is 0 Å². The van der Waals surface area contributed by atoms with Gasteiger partial charge >= 0.3 is 0 Å². The highest BCUT2D eigenvalue weighted by atomic mass is 35.6. The quantitative estimate of drug-likeness (QED) is 0.641. The molecule has 0 aliphatic carbocycles.